The lowest BCUT2D eigenvalue weighted by molar-refractivity contribution is -0.217. The van der Waals surface area contributed by atoms with Crippen LogP contribution in [0.15, 0.2) is 0 Å². The summed E-state index contributed by atoms with van der Waals surface area (Å²) in [6, 6.07) is 0. The lowest BCUT2D eigenvalue weighted by Gasteiger charge is -2.27. The predicted octanol–water partition coefficient (Wildman–Crippen LogP) is 4.12. The molecule has 0 aliphatic carbocycles. The highest BCUT2D eigenvalue weighted by molar-refractivity contribution is 4.64. The van der Waals surface area contributed by atoms with Crippen LogP contribution in [-0.4, -0.2) is 17.5 Å². The molecule has 0 saturated heterocycles. The van der Waals surface area contributed by atoms with Gasteiger partial charge in [-0.1, -0.05) is 59.3 Å². The van der Waals surface area contributed by atoms with E-state index < -0.39 is 5.79 Å². The zero-order valence-corrected chi connectivity index (χ0v) is 11.6. The van der Waals surface area contributed by atoms with Crippen LogP contribution in [-0.2, 0) is 4.74 Å². The van der Waals surface area contributed by atoms with Crippen LogP contribution in [0, 0.1) is 5.92 Å². The van der Waals surface area contributed by atoms with Gasteiger partial charge < -0.3 is 9.84 Å². The van der Waals surface area contributed by atoms with Crippen LogP contribution < -0.4 is 0 Å². The van der Waals surface area contributed by atoms with Crippen LogP contribution in [0.25, 0.3) is 0 Å². The van der Waals surface area contributed by atoms with E-state index in [0.717, 1.165) is 6.42 Å². The minimum absolute atomic E-state index is 0.150. The maximum Gasteiger partial charge on any atom is 0.164 e. The van der Waals surface area contributed by atoms with Gasteiger partial charge in [-0.2, -0.15) is 0 Å². The summed E-state index contributed by atoms with van der Waals surface area (Å²) >= 11 is 0. The molecule has 2 nitrogen and oxygen atoms in total. The molecule has 0 fully saturated rings. The Balaban J connectivity index is 3.27. The molecule has 1 N–H and O–H groups in total. The molecule has 0 amide bonds. The van der Waals surface area contributed by atoms with Crippen LogP contribution in [0.1, 0.15) is 72.6 Å². The van der Waals surface area contributed by atoms with E-state index in [1.807, 2.05) is 13.8 Å². The molecule has 0 saturated carbocycles. The fraction of sp³-hybridized carbons (Fsp3) is 1.00. The van der Waals surface area contributed by atoms with Gasteiger partial charge in [0.1, 0.15) is 0 Å². The molecule has 1 atom stereocenters. The van der Waals surface area contributed by atoms with Crippen molar-refractivity contribution in [3.63, 3.8) is 0 Å². The van der Waals surface area contributed by atoms with Gasteiger partial charge in [0.05, 0.1) is 6.61 Å². The monoisotopic (exact) mass is 230 g/mol. The van der Waals surface area contributed by atoms with Gasteiger partial charge in [0.2, 0.25) is 0 Å². The Hall–Kier alpha value is -0.0800. The van der Waals surface area contributed by atoms with Gasteiger partial charge in [0, 0.05) is 5.92 Å². The summed E-state index contributed by atoms with van der Waals surface area (Å²) in [5.74, 6) is -0.806. The molecule has 0 spiro atoms. The van der Waals surface area contributed by atoms with Crippen molar-refractivity contribution in [1.29, 1.82) is 0 Å². The van der Waals surface area contributed by atoms with Crippen LogP contribution in [0.3, 0.4) is 0 Å². The van der Waals surface area contributed by atoms with Gasteiger partial charge in [0.25, 0.3) is 0 Å². The average molecular weight is 230 g/mol. The zero-order chi connectivity index (χ0) is 12.4. The number of rotatable bonds is 10. The third-order valence-corrected chi connectivity index (χ3v) is 3.21. The minimum atomic E-state index is -0.956. The normalized spacial score (nSPS) is 15.4. The van der Waals surface area contributed by atoms with Crippen LogP contribution in [0.2, 0.25) is 0 Å². The second-order valence-electron chi connectivity index (χ2n) is 5.18. The van der Waals surface area contributed by atoms with Crippen LogP contribution >= 0.6 is 0 Å². The number of aliphatic hydroxyl groups is 1. The number of hydrogen-bond donors (Lipinski definition) is 1. The largest absolute Gasteiger partial charge is 0.365 e. The molecule has 0 heterocycles. The maximum absolute atomic E-state index is 9.84. The molecule has 0 aromatic carbocycles. The van der Waals surface area contributed by atoms with Gasteiger partial charge in [-0.3, -0.25) is 0 Å². The Labute approximate surface area is 101 Å². The molecule has 0 aliphatic heterocycles. The van der Waals surface area contributed by atoms with Crippen molar-refractivity contribution >= 4 is 0 Å². The number of ether oxygens (including phenoxy) is 1. The smallest absolute Gasteiger partial charge is 0.164 e. The summed E-state index contributed by atoms with van der Waals surface area (Å²) < 4.78 is 5.47. The van der Waals surface area contributed by atoms with Gasteiger partial charge in [-0.25, -0.2) is 0 Å². The highest BCUT2D eigenvalue weighted by Gasteiger charge is 2.24. The molecule has 0 bridgehead atoms. The summed E-state index contributed by atoms with van der Waals surface area (Å²) in [6.45, 7) is 8.62. The lowest BCUT2D eigenvalue weighted by Crippen LogP contribution is -2.34. The Bertz CT molecular complexity index is 153. The minimum Gasteiger partial charge on any atom is -0.365 e. The Morgan fingerprint density at radius 3 is 2.00 bits per heavy atom. The molecule has 16 heavy (non-hydrogen) atoms. The summed E-state index contributed by atoms with van der Waals surface area (Å²) in [6.07, 6.45) is 8.95. The molecular weight excluding hydrogens is 200 g/mol. The summed E-state index contributed by atoms with van der Waals surface area (Å²) in [5.41, 5.74) is 0. The SMILES string of the molecule is CCCCCCCCCOC(C)(O)C(C)C. The van der Waals surface area contributed by atoms with Crippen molar-refractivity contribution in [2.45, 2.75) is 78.4 Å². The van der Waals surface area contributed by atoms with Crippen molar-refractivity contribution in [2.24, 2.45) is 5.92 Å². The first-order valence-corrected chi connectivity index (χ1v) is 6.87. The standard InChI is InChI=1S/C14H30O2/c1-5-6-7-8-9-10-11-12-16-14(4,15)13(2)3/h13,15H,5-12H2,1-4H3. The van der Waals surface area contributed by atoms with E-state index >= 15 is 0 Å². The quantitative estimate of drug-likeness (QED) is 0.452. The summed E-state index contributed by atoms with van der Waals surface area (Å²) in [4.78, 5) is 0. The second-order valence-corrected chi connectivity index (χ2v) is 5.18. The Morgan fingerprint density at radius 1 is 1.00 bits per heavy atom. The fourth-order valence-electron chi connectivity index (χ4n) is 1.50. The predicted molar refractivity (Wildman–Crippen MR) is 69.4 cm³/mol. The van der Waals surface area contributed by atoms with E-state index in [-0.39, 0.29) is 5.92 Å². The van der Waals surface area contributed by atoms with E-state index in [1.165, 1.54) is 38.5 Å². The first-order chi connectivity index (χ1) is 7.50. The van der Waals surface area contributed by atoms with E-state index in [1.54, 1.807) is 6.92 Å². The van der Waals surface area contributed by atoms with Crippen molar-refractivity contribution < 1.29 is 9.84 Å². The first-order valence-electron chi connectivity index (χ1n) is 6.87. The summed E-state index contributed by atoms with van der Waals surface area (Å²) in [5, 5.41) is 9.84. The highest BCUT2D eigenvalue weighted by atomic mass is 16.6. The first kappa shape index (κ1) is 15.9. The van der Waals surface area contributed by atoms with Gasteiger partial charge >= 0.3 is 0 Å². The van der Waals surface area contributed by atoms with E-state index in [4.69, 9.17) is 4.74 Å². The molecule has 1 unspecified atom stereocenters. The van der Waals surface area contributed by atoms with Crippen LogP contribution in [0.5, 0.6) is 0 Å². The molecule has 0 aliphatic rings. The molecule has 0 rings (SSSR count). The second kappa shape index (κ2) is 9.00. The third-order valence-electron chi connectivity index (χ3n) is 3.21. The fourth-order valence-corrected chi connectivity index (χ4v) is 1.50. The number of unbranched alkanes of at least 4 members (excludes halogenated alkanes) is 6. The molecule has 98 valence electrons. The lowest BCUT2D eigenvalue weighted by atomic mass is 10.1. The van der Waals surface area contributed by atoms with E-state index in [9.17, 15) is 5.11 Å². The topological polar surface area (TPSA) is 29.5 Å². The molecule has 0 radical (unpaired) electrons. The summed E-state index contributed by atoms with van der Waals surface area (Å²) in [7, 11) is 0. The molecular formula is C14H30O2. The zero-order valence-electron chi connectivity index (χ0n) is 11.6. The van der Waals surface area contributed by atoms with E-state index in [0.29, 0.717) is 6.61 Å². The molecule has 2 heteroatoms. The van der Waals surface area contributed by atoms with E-state index in [2.05, 4.69) is 6.92 Å². The van der Waals surface area contributed by atoms with Crippen molar-refractivity contribution in [1.82, 2.24) is 0 Å². The van der Waals surface area contributed by atoms with Crippen molar-refractivity contribution in [3.8, 4) is 0 Å². The van der Waals surface area contributed by atoms with Crippen molar-refractivity contribution in [2.75, 3.05) is 6.61 Å². The Kier molecular flexibility index (Phi) is 8.96. The van der Waals surface area contributed by atoms with Gasteiger partial charge in [-0.05, 0) is 13.3 Å². The van der Waals surface area contributed by atoms with Gasteiger partial charge in [-0.15, -0.1) is 0 Å². The number of hydrogen-bond acceptors (Lipinski definition) is 2. The highest BCUT2D eigenvalue weighted by Crippen LogP contribution is 2.18. The van der Waals surface area contributed by atoms with Crippen molar-refractivity contribution in [3.05, 3.63) is 0 Å². The van der Waals surface area contributed by atoms with Gasteiger partial charge in [0.15, 0.2) is 5.79 Å². The third kappa shape index (κ3) is 8.12. The maximum atomic E-state index is 9.84. The molecule has 0 aromatic rings. The Morgan fingerprint density at radius 2 is 1.50 bits per heavy atom. The molecule has 0 aromatic heterocycles. The van der Waals surface area contributed by atoms with Crippen LogP contribution in [0.4, 0.5) is 0 Å². The average Bonchev–Trinajstić information content (AvgIpc) is 2.21.